The molecule has 0 radical (unpaired) electrons. The van der Waals surface area contributed by atoms with Crippen LogP contribution in [0.25, 0.3) is 22.6 Å². The average molecular weight is 369 g/mol. The molecule has 0 saturated heterocycles. The summed E-state index contributed by atoms with van der Waals surface area (Å²) in [6, 6.07) is 15.9. The summed E-state index contributed by atoms with van der Waals surface area (Å²) in [7, 11) is 0. The van der Waals surface area contributed by atoms with Crippen molar-refractivity contribution in [2.45, 2.75) is 13.2 Å². The number of halogens is 2. The molecule has 0 atom stereocenters. The van der Waals surface area contributed by atoms with Crippen molar-refractivity contribution in [3.8, 4) is 23.0 Å². The number of aromatic nitrogens is 1. The summed E-state index contributed by atoms with van der Waals surface area (Å²) in [6.45, 7) is -2.71. The van der Waals surface area contributed by atoms with Gasteiger partial charge in [-0.05, 0) is 42.0 Å². The summed E-state index contributed by atoms with van der Waals surface area (Å²) in [5.41, 5.74) is 2.20. The number of ether oxygens (including phenoxy) is 2. The van der Waals surface area contributed by atoms with Crippen LogP contribution in [0.2, 0.25) is 0 Å². The highest BCUT2D eigenvalue weighted by molar-refractivity contribution is 5.77. The number of nitrogens with zero attached hydrogens (tertiary/aromatic N) is 1. The first-order valence-corrected chi connectivity index (χ1v) is 8.08. The van der Waals surface area contributed by atoms with Crippen LogP contribution in [0.5, 0.6) is 11.5 Å². The van der Waals surface area contributed by atoms with E-state index in [1.54, 1.807) is 36.4 Å². The molecular formula is C20H13F2NO4. The van der Waals surface area contributed by atoms with Crippen LogP contribution in [0.4, 0.5) is 8.78 Å². The Kier molecular flexibility index (Phi) is 4.42. The largest absolute Gasteiger partial charge is 0.489 e. The maximum Gasteiger partial charge on any atom is 0.387 e. The fourth-order valence-corrected chi connectivity index (χ4v) is 2.65. The summed E-state index contributed by atoms with van der Waals surface area (Å²) in [5.74, 6) is 0.985. The highest BCUT2D eigenvalue weighted by Gasteiger charge is 2.10. The van der Waals surface area contributed by atoms with E-state index in [0.29, 0.717) is 33.9 Å². The van der Waals surface area contributed by atoms with Crippen LogP contribution in [-0.4, -0.2) is 11.6 Å². The quantitative estimate of drug-likeness (QED) is 0.486. The summed E-state index contributed by atoms with van der Waals surface area (Å²) in [4.78, 5) is 15.9. The second kappa shape index (κ2) is 7.03. The van der Waals surface area contributed by atoms with Crippen molar-refractivity contribution >= 4 is 11.1 Å². The molecule has 1 aliphatic carbocycles. The molecule has 0 saturated carbocycles. The zero-order valence-electron chi connectivity index (χ0n) is 13.9. The van der Waals surface area contributed by atoms with E-state index in [2.05, 4.69) is 9.72 Å². The second-order valence-electron chi connectivity index (χ2n) is 5.79. The van der Waals surface area contributed by atoms with Gasteiger partial charge in [-0.1, -0.05) is 12.1 Å². The standard InChI is InChI=1S/C20H13F2NO4/c21-20(22)26-15-3-1-2-12(8-15)11-25-14-5-7-17-19(10-14)27-18-9-13(24)4-6-16(18)23-17/h1-10,20H,11H2. The molecule has 27 heavy (non-hydrogen) atoms. The van der Waals surface area contributed by atoms with Crippen molar-refractivity contribution < 1.29 is 22.7 Å². The average Bonchev–Trinajstić information content (AvgIpc) is 2.64. The summed E-state index contributed by atoms with van der Waals surface area (Å²) in [6.07, 6.45) is 0. The van der Waals surface area contributed by atoms with Crippen LogP contribution in [0.15, 0.2) is 69.9 Å². The molecule has 136 valence electrons. The zero-order valence-corrected chi connectivity index (χ0v) is 13.9. The first-order chi connectivity index (χ1) is 13.1. The van der Waals surface area contributed by atoms with E-state index >= 15 is 0 Å². The number of rotatable bonds is 5. The lowest BCUT2D eigenvalue weighted by Crippen LogP contribution is -2.03. The first-order valence-electron chi connectivity index (χ1n) is 8.08. The van der Waals surface area contributed by atoms with Crippen LogP contribution < -0.4 is 14.9 Å². The fraction of sp³-hybridized carbons (Fsp3) is 0.100. The lowest BCUT2D eigenvalue weighted by molar-refractivity contribution is -0.0499. The Hall–Kier alpha value is -3.48. The van der Waals surface area contributed by atoms with E-state index in [-0.39, 0.29) is 17.8 Å². The lowest BCUT2D eigenvalue weighted by atomic mass is 10.2. The molecule has 1 heterocycles. The molecule has 0 aromatic heterocycles. The molecule has 2 aromatic carbocycles. The Labute approximate surface area is 152 Å². The Bertz CT molecular complexity index is 1130. The van der Waals surface area contributed by atoms with Gasteiger partial charge in [-0.2, -0.15) is 8.78 Å². The fourth-order valence-electron chi connectivity index (χ4n) is 2.65. The second-order valence-corrected chi connectivity index (χ2v) is 5.79. The minimum absolute atomic E-state index is 0.0729. The Morgan fingerprint density at radius 3 is 2.74 bits per heavy atom. The third-order valence-electron chi connectivity index (χ3n) is 3.85. The highest BCUT2D eigenvalue weighted by atomic mass is 19.3. The van der Waals surface area contributed by atoms with Gasteiger partial charge in [0.25, 0.3) is 0 Å². The molecule has 4 rings (SSSR count). The molecule has 0 unspecified atom stereocenters. The minimum Gasteiger partial charge on any atom is -0.489 e. The SMILES string of the molecule is O=c1ccc2nc3ccc(OCc4cccc(OC(F)F)c4)cc3oc-2c1. The summed E-state index contributed by atoms with van der Waals surface area (Å²) in [5, 5.41) is 0. The van der Waals surface area contributed by atoms with Gasteiger partial charge in [-0.25, -0.2) is 4.98 Å². The van der Waals surface area contributed by atoms with E-state index < -0.39 is 6.61 Å². The molecule has 0 amide bonds. The van der Waals surface area contributed by atoms with Crippen LogP contribution in [0.1, 0.15) is 5.56 Å². The Morgan fingerprint density at radius 2 is 1.89 bits per heavy atom. The Morgan fingerprint density at radius 1 is 1.00 bits per heavy atom. The number of hydrogen-bond donors (Lipinski definition) is 0. The van der Waals surface area contributed by atoms with Crippen molar-refractivity contribution in [1.82, 2.24) is 4.98 Å². The van der Waals surface area contributed by atoms with Crippen LogP contribution in [0, 0.1) is 0 Å². The molecule has 0 spiro atoms. The van der Waals surface area contributed by atoms with Crippen molar-refractivity contribution in [1.29, 1.82) is 0 Å². The maximum atomic E-state index is 12.3. The van der Waals surface area contributed by atoms with Crippen molar-refractivity contribution in [3.63, 3.8) is 0 Å². The molecule has 5 nitrogen and oxygen atoms in total. The minimum atomic E-state index is -2.87. The van der Waals surface area contributed by atoms with Gasteiger partial charge < -0.3 is 13.9 Å². The smallest absolute Gasteiger partial charge is 0.387 e. The third kappa shape index (κ3) is 3.87. The van der Waals surface area contributed by atoms with Gasteiger partial charge in [0.15, 0.2) is 16.8 Å². The predicted molar refractivity (Wildman–Crippen MR) is 94.3 cm³/mol. The lowest BCUT2D eigenvalue weighted by Gasteiger charge is -2.10. The van der Waals surface area contributed by atoms with Gasteiger partial charge in [0.05, 0.1) is 0 Å². The van der Waals surface area contributed by atoms with Crippen molar-refractivity contribution in [2.75, 3.05) is 0 Å². The molecular weight excluding hydrogens is 356 g/mol. The van der Waals surface area contributed by atoms with E-state index in [0.717, 1.165) is 0 Å². The maximum absolute atomic E-state index is 12.3. The molecule has 0 N–H and O–H groups in total. The van der Waals surface area contributed by atoms with Gasteiger partial charge in [0.1, 0.15) is 29.3 Å². The summed E-state index contributed by atoms with van der Waals surface area (Å²) < 4.78 is 40.4. The number of hydrogen-bond acceptors (Lipinski definition) is 5. The monoisotopic (exact) mass is 369 g/mol. The molecule has 0 bridgehead atoms. The topological polar surface area (TPSA) is 61.6 Å². The Balaban J connectivity index is 1.57. The third-order valence-corrected chi connectivity index (χ3v) is 3.85. The molecule has 1 aliphatic heterocycles. The van der Waals surface area contributed by atoms with Gasteiger partial charge in [0, 0.05) is 12.1 Å². The van der Waals surface area contributed by atoms with Crippen LogP contribution in [-0.2, 0) is 6.61 Å². The van der Waals surface area contributed by atoms with E-state index in [9.17, 15) is 13.6 Å². The number of fused-ring (bicyclic) bond motifs is 2. The van der Waals surface area contributed by atoms with Gasteiger partial charge in [-0.15, -0.1) is 0 Å². The van der Waals surface area contributed by atoms with E-state index in [4.69, 9.17) is 9.15 Å². The summed E-state index contributed by atoms with van der Waals surface area (Å²) >= 11 is 0. The zero-order chi connectivity index (χ0) is 18.8. The number of benzene rings is 3. The van der Waals surface area contributed by atoms with Crippen molar-refractivity contribution in [3.05, 3.63) is 76.5 Å². The predicted octanol–water partition coefficient (Wildman–Crippen LogP) is 4.47. The van der Waals surface area contributed by atoms with Crippen molar-refractivity contribution in [2.24, 2.45) is 0 Å². The van der Waals surface area contributed by atoms with Crippen LogP contribution >= 0.6 is 0 Å². The van der Waals surface area contributed by atoms with E-state index in [1.807, 2.05) is 0 Å². The molecule has 7 heteroatoms. The van der Waals surface area contributed by atoms with Gasteiger partial charge >= 0.3 is 6.61 Å². The molecule has 0 fully saturated rings. The van der Waals surface area contributed by atoms with Gasteiger partial charge in [0.2, 0.25) is 0 Å². The van der Waals surface area contributed by atoms with Gasteiger partial charge in [-0.3, -0.25) is 4.79 Å². The highest BCUT2D eigenvalue weighted by Crippen LogP contribution is 2.27. The van der Waals surface area contributed by atoms with E-state index in [1.165, 1.54) is 24.3 Å². The van der Waals surface area contributed by atoms with Crippen LogP contribution in [0.3, 0.4) is 0 Å². The first kappa shape index (κ1) is 17.0. The number of alkyl halides is 2. The normalized spacial score (nSPS) is 11.2. The molecule has 2 aliphatic rings. The molecule has 2 aromatic rings.